The second-order valence-electron chi connectivity index (χ2n) is 11.5. The molecule has 3 aromatic rings. The first-order chi connectivity index (χ1) is 16.6. The van der Waals surface area contributed by atoms with Crippen LogP contribution >= 0.6 is 0 Å². The third-order valence-corrected chi connectivity index (χ3v) is 7.45. The van der Waals surface area contributed by atoms with Crippen LogP contribution in [-0.4, -0.2) is 41.6 Å². The summed E-state index contributed by atoms with van der Waals surface area (Å²) in [5, 5.41) is 10.4. The Balaban J connectivity index is 1.54. The van der Waals surface area contributed by atoms with Gasteiger partial charge in [-0.3, -0.25) is 0 Å². The van der Waals surface area contributed by atoms with Crippen molar-refractivity contribution in [1.29, 1.82) is 5.26 Å². The Hall–Kier alpha value is -3.10. The van der Waals surface area contributed by atoms with Crippen LogP contribution in [0.4, 0.5) is 0 Å². The van der Waals surface area contributed by atoms with Gasteiger partial charge in [0.25, 0.3) is 0 Å². The summed E-state index contributed by atoms with van der Waals surface area (Å²) in [6.07, 6.45) is 3.46. The van der Waals surface area contributed by atoms with Crippen LogP contribution in [0.3, 0.4) is 0 Å². The molecule has 1 aliphatic carbocycles. The normalized spacial score (nSPS) is 20.8. The summed E-state index contributed by atoms with van der Waals surface area (Å²) in [6.45, 7) is 9.88. The first-order valence-electron chi connectivity index (χ1n) is 12.7. The van der Waals surface area contributed by atoms with Crippen molar-refractivity contribution < 1.29 is 9.53 Å². The van der Waals surface area contributed by atoms with Crippen LogP contribution in [0.25, 0.3) is 10.9 Å². The maximum Gasteiger partial charge on any atom is 0.355 e. The van der Waals surface area contributed by atoms with Gasteiger partial charge in [-0.25, -0.2) is 4.79 Å². The van der Waals surface area contributed by atoms with E-state index in [1.165, 1.54) is 40.5 Å². The lowest BCUT2D eigenvalue weighted by molar-refractivity contribution is 0.00639. The highest BCUT2D eigenvalue weighted by Gasteiger charge is 2.35. The van der Waals surface area contributed by atoms with Gasteiger partial charge in [-0.2, -0.15) is 5.26 Å². The van der Waals surface area contributed by atoms with E-state index >= 15 is 0 Å². The highest BCUT2D eigenvalue weighted by Crippen LogP contribution is 2.46. The monoisotopic (exact) mass is 469 g/mol. The molecule has 2 aliphatic rings. The number of carbonyl (C=O) groups excluding carboxylic acids is 1. The molecule has 5 nitrogen and oxygen atoms in total. The second-order valence-corrected chi connectivity index (χ2v) is 11.5. The molecule has 2 aromatic carbocycles. The van der Waals surface area contributed by atoms with Crippen LogP contribution in [0.2, 0.25) is 0 Å². The average Bonchev–Trinajstić information content (AvgIpc) is 3.43. The largest absolute Gasteiger partial charge is 0.455 e. The summed E-state index contributed by atoms with van der Waals surface area (Å²) in [4.78, 5) is 18.7. The van der Waals surface area contributed by atoms with Gasteiger partial charge in [0.1, 0.15) is 11.3 Å². The van der Waals surface area contributed by atoms with Gasteiger partial charge < -0.3 is 14.6 Å². The molecule has 2 atom stereocenters. The van der Waals surface area contributed by atoms with E-state index in [1.54, 1.807) is 0 Å². The van der Waals surface area contributed by atoms with Crippen LogP contribution in [0.15, 0.2) is 36.4 Å². The first-order valence-corrected chi connectivity index (χ1v) is 12.7. The predicted octanol–water partition coefficient (Wildman–Crippen LogP) is 6.07. The fraction of sp³-hybridized carbons (Fsp3) is 0.467. The number of aromatic amines is 1. The van der Waals surface area contributed by atoms with Crippen molar-refractivity contribution in [2.45, 2.75) is 64.4 Å². The number of hydrogen-bond acceptors (Lipinski definition) is 4. The molecular weight excluding hydrogens is 434 g/mol. The van der Waals surface area contributed by atoms with Crippen molar-refractivity contribution in [1.82, 2.24) is 9.88 Å². The number of ether oxygens (including phenoxy) is 1. The predicted molar refractivity (Wildman–Crippen MR) is 139 cm³/mol. The van der Waals surface area contributed by atoms with E-state index in [1.807, 2.05) is 39.0 Å². The highest BCUT2D eigenvalue weighted by atomic mass is 16.6. The van der Waals surface area contributed by atoms with Crippen molar-refractivity contribution in [3.05, 3.63) is 69.9 Å². The Morgan fingerprint density at radius 3 is 2.51 bits per heavy atom. The Kier molecular flexibility index (Phi) is 5.97. The first kappa shape index (κ1) is 23.6. The number of carbonyl (C=O) groups is 1. The van der Waals surface area contributed by atoms with Gasteiger partial charge in [-0.1, -0.05) is 18.2 Å². The van der Waals surface area contributed by atoms with Gasteiger partial charge in [0.15, 0.2) is 0 Å². The smallest absolute Gasteiger partial charge is 0.355 e. The highest BCUT2D eigenvalue weighted by molar-refractivity contribution is 5.97. The third-order valence-electron chi connectivity index (χ3n) is 7.45. The summed E-state index contributed by atoms with van der Waals surface area (Å²) in [6, 6.07) is 14.7. The van der Waals surface area contributed by atoms with Crippen LogP contribution in [0.5, 0.6) is 0 Å². The maximum atomic E-state index is 12.9. The standard InChI is InChI=1S/C30H35N3O2/c1-18-12-23(20-10-11-20)24(25-14-27(32-28(18)25)29(34)35-30(2,3)4)13-22-16-33(5)17-26(22)21-8-6-19(15-31)7-9-21/h6-9,12,14,20,22,26,32H,10-11,13,16-17H2,1-5H3/t22-,26+/m1/s1. The Bertz CT molecular complexity index is 1300. The van der Waals surface area contributed by atoms with Gasteiger partial charge in [0, 0.05) is 29.9 Å². The van der Waals surface area contributed by atoms with Crippen molar-refractivity contribution in [2.24, 2.45) is 5.92 Å². The van der Waals surface area contributed by atoms with Crippen LogP contribution in [-0.2, 0) is 11.2 Å². The third kappa shape index (κ3) is 4.86. The number of nitrogens with zero attached hydrogens (tertiary/aromatic N) is 2. The topological polar surface area (TPSA) is 69.1 Å². The van der Waals surface area contributed by atoms with Crippen LogP contribution in [0, 0.1) is 24.2 Å². The lowest BCUT2D eigenvalue weighted by atomic mass is 9.82. The molecule has 5 rings (SSSR count). The van der Waals surface area contributed by atoms with Crippen LogP contribution in [0.1, 0.15) is 83.8 Å². The number of fused-ring (bicyclic) bond motifs is 1. The molecule has 0 spiro atoms. The van der Waals surface area contributed by atoms with Crippen molar-refractivity contribution >= 4 is 16.9 Å². The Morgan fingerprint density at radius 2 is 1.89 bits per heavy atom. The molecule has 1 aliphatic heterocycles. The van der Waals surface area contributed by atoms with E-state index in [0.29, 0.717) is 29.0 Å². The lowest BCUT2D eigenvalue weighted by Crippen LogP contribution is -2.24. The van der Waals surface area contributed by atoms with E-state index in [0.717, 1.165) is 25.0 Å². The molecule has 1 N–H and O–H groups in total. The van der Waals surface area contributed by atoms with Gasteiger partial charge in [-0.05, 0) is 106 Å². The van der Waals surface area contributed by atoms with Gasteiger partial charge >= 0.3 is 5.97 Å². The molecule has 2 heterocycles. The Morgan fingerprint density at radius 1 is 1.17 bits per heavy atom. The number of aromatic nitrogens is 1. The number of H-pyrrole nitrogens is 1. The lowest BCUT2D eigenvalue weighted by Gasteiger charge is -2.22. The van der Waals surface area contributed by atoms with Crippen molar-refractivity contribution in [2.75, 3.05) is 20.1 Å². The second kappa shape index (κ2) is 8.84. The van der Waals surface area contributed by atoms with Crippen molar-refractivity contribution in [3.8, 4) is 6.07 Å². The minimum Gasteiger partial charge on any atom is -0.455 e. The van der Waals surface area contributed by atoms with Gasteiger partial charge in [-0.15, -0.1) is 0 Å². The van der Waals surface area contributed by atoms with Crippen LogP contribution < -0.4 is 0 Å². The molecule has 182 valence electrons. The summed E-state index contributed by atoms with van der Waals surface area (Å²) in [7, 11) is 2.19. The summed E-state index contributed by atoms with van der Waals surface area (Å²) in [5.41, 5.74) is 7.08. The number of rotatable bonds is 5. The number of aryl methyl sites for hydroxylation is 1. The maximum absolute atomic E-state index is 12.9. The van der Waals surface area contributed by atoms with E-state index in [-0.39, 0.29) is 5.97 Å². The average molecular weight is 470 g/mol. The fourth-order valence-corrected chi connectivity index (χ4v) is 5.72. The molecule has 0 unspecified atom stereocenters. The zero-order valence-electron chi connectivity index (χ0n) is 21.4. The molecule has 0 bridgehead atoms. The van der Waals surface area contributed by atoms with Gasteiger partial charge in [0.2, 0.25) is 0 Å². The molecule has 2 fully saturated rings. The minimum atomic E-state index is -0.534. The molecule has 1 saturated heterocycles. The Labute approximate surface area is 208 Å². The molecule has 35 heavy (non-hydrogen) atoms. The molecule has 1 saturated carbocycles. The molecular formula is C30H35N3O2. The number of nitrogens with one attached hydrogen (secondary N) is 1. The van der Waals surface area contributed by atoms with Gasteiger partial charge in [0.05, 0.1) is 11.6 Å². The van der Waals surface area contributed by atoms with E-state index in [4.69, 9.17) is 4.74 Å². The summed E-state index contributed by atoms with van der Waals surface area (Å²) >= 11 is 0. The number of nitriles is 1. The van der Waals surface area contributed by atoms with E-state index < -0.39 is 5.60 Å². The summed E-state index contributed by atoms with van der Waals surface area (Å²) in [5.74, 6) is 1.21. The fourth-order valence-electron chi connectivity index (χ4n) is 5.72. The quantitative estimate of drug-likeness (QED) is 0.461. The SMILES string of the molecule is Cc1cc(C2CC2)c(C[C@@H]2CN(C)C[C@H]2c2ccc(C#N)cc2)c2cc(C(=O)OC(C)(C)C)[nH]c12. The number of hydrogen-bond donors (Lipinski definition) is 1. The number of likely N-dealkylation sites (tertiary alicyclic amines) is 1. The summed E-state index contributed by atoms with van der Waals surface area (Å²) < 4.78 is 5.66. The van der Waals surface area contributed by atoms with Crippen molar-refractivity contribution in [3.63, 3.8) is 0 Å². The molecule has 0 amide bonds. The number of esters is 1. The van der Waals surface area contributed by atoms with E-state index in [2.05, 4.69) is 48.1 Å². The molecule has 0 radical (unpaired) electrons. The molecule has 1 aromatic heterocycles. The zero-order valence-corrected chi connectivity index (χ0v) is 21.4. The molecule has 5 heteroatoms. The van der Waals surface area contributed by atoms with E-state index in [9.17, 15) is 10.1 Å². The number of benzene rings is 2. The number of likely N-dealkylation sites (N-methyl/N-ethyl adjacent to an activating group) is 1. The zero-order chi connectivity index (χ0) is 24.9. The minimum absolute atomic E-state index is 0.303.